The Balaban J connectivity index is 2.06. The summed E-state index contributed by atoms with van der Waals surface area (Å²) < 4.78 is 31.5. The molecule has 1 heterocycles. The Bertz CT molecular complexity index is 898. The summed E-state index contributed by atoms with van der Waals surface area (Å²) in [5.41, 5.74) is 3.76. The first-order valence-corrected chi connectivity index (χ1v) is 9.11. The van der Waals surface area contributed by atoms with Crippen molar-refractivity contribution in [2.75, 3.05) is 20.7 Å². The van der Waals surface area contributed by atoms with Crippen molar-refractivity contribution in [1.29, 1.82) is 0 Å². The van der Waals surface area contributed by atoms with Crippen LogP contribution in [-0.2, 0) is 14.8 Å². The number of methoxy groups -OCH3 is 1. The zero-order valence-electron chi connectivity index (χ0n) is 14.7. The number of likely N-dealkylation sites (N-methyl/N-ethyl adjacent to an activating group) is 1. The monoisotopic (exact) mass is 376 g/mol. The second-order valence-corrected chi connectivity index (χ2v) is 7.51. The Morgan fingerprint density at radius 2 is 2.15 bits per heavy atom. The van der Waals surface area contributed by atoms with Gasteiger partial charge in [0.05, 0.1) is 19.9 Å². The number of ether oxygens (including phenoxy) is 1. The molecule has 0 bridgehead atoms. The molecule has 0 spiro atoms. The molecule has 1 aromatic carbocycles. The quantitative estimate of drug-likeness (QED) is 0.577. The number of carbonyl (C=O) groups is 1. The Labute approximate surface area is 152 Å². The first kappa shape index (κ1) is 19.5. The number of benzene rings is 1. The van der Waals surface area contributed by atoms with Gasteiger partial charge in [0.1, 0.15) is 10.6 Å². The van der Waals surface area contributed by atoms with Crippen LogP contribution in [0.3, 0.4) is 0 Å². The Morgan fingerprint density at radius 3 is 2.81 bits per heavy atom. The Morgan fingerprint density at radius 1 is 1.38 bits per heavy atom. The molecule has 0 aliphatic rings. The van der Waals surface area contributed by atoms with E-state index < -0.39 is 15.9 Å². The highest BCUT2D eigenvalue weighted by molar-refractivity contribution is 7.89. The van der Waals surface area contributed by atoms with Crippen molar-refractivity contribution in [3.8, 4) is 5.75 Å². The lowest BCUT2D eigenvalue weighted by Crippen LogP contribution is -2.36. The molecule has 138 valence electrons. The molecule has 8 nitrogen and oxygen atoms in total. The zero-order valence-corrected chi connectivity index (χ0v) is 15.5. The molecule has 0 unspecified atom stereocenters. The molecule has 0 fully saturated rings. The van der Waals surface area contributed by atoms with Crippen molar-refractivity contribution in [2.24, 2.45) is 5.10 Å². The van der Waals surface area contributed by atoms with Gasteiger partial charge in [0.25, 0.3) is 5.91 Å². The van der Waals surface area contributed by atoms with Gasteiger partial charge in [0.2, 0.25) is 10.0 Å². The predicted molar refractivity (Wildman–Crippen MR) is 97.5 cm³/mol. The van der Waals surface area contributed by atoms with E-state index in [1.807, 2.05) is 0 Å². The van der Waals surface area contributed by atoms with E-state index >= 15 is 0 Å². The van der Waals surface area contributed by atoms with E-state index in [4.69, 9.17) is 4.74 Å². The number of pyridine rings is 1. The van der Waals surface area contributed by atoms with E-state index in [-0.39, 0.29) is 17.2 Å². The topological polar surface area (TPSA) is 101 Å². The molecule has 0 aliphatic carbocycles. The summed E-state index contributed by atoms with van der Waals surface area (Å²) >= 11 is 0. The van der Waals surface area contributed by atoms with E-state index in [0.717, 1.165) is 9.87 Å². The molecule has 2 rings (SSSR count). The third kappa shape index (κ3) is 4.87. The van der Waals surface area contributed by atoms with Crippen LogP contribution in [0.1, 0.15) is 11.1 Å². The molecule has 1 N–H and O–H groups in total. The largest absolute Gasteiger partial charge is 0.495 e. The number of aryl methyl sites for hydroxylation is 1. The number of rotatable bonds is 7. The van der Waals surface area contributed by atoms with Gasteiger partial charge in [-0.3, -0.25) is 9.78 Å². The summed E-state index contributed by atoms with van der Waals surface area (Å²) in [7, 11) is -1.18. The lowest BCUT2D eigenvalue weighted by Gasteiger charge is -2.18. The smallest absolute Gasteiger partial charge is 0.255 e. The van der Waals surface area contributed by atoms with Crippen LogP contribution in [0.5, 0.6) is 5.75 Å². The maximum absolute atomic E-state index is 12.7. The van der Waals surface area contributed by atoms with Gasteiger partial charge in [-0.25, -0.2) is 13.8 Å². The van der Waals surface area contributed by atoms with E-state index in [1.165, 1.54) is 26.4 Å². The van der Waals surface area contributed by atoms with Gasteiger partial charge in [-0.2, -0.15) is 9.41 Å². The zero-order chi connectivity index (χ0) is 19.2. The lowest BCUT2D eigenvalue weighted by atomic mass is 10.2. The van der Waals surface area contributed by atoms with Crippen molar-refractivity contribution in [2.45, 2.75) is 11.8 Å². The molecule has 0 aliphatic heterocycles. The van der Waals surface area contributed by atoms with Crippen LogP contribution in [0.15, 0.2) is 52.7 Å². The normalized spacial score (nSPS) is 11.7. The number of carbonyl (C=O) groups excluding carboxylic acids is 1. The van der Waals surface area contributed by atoms with Gasteiger partial charge in [-0.05, 0) is 30.7 Å². The molecule has 26 heavy (non-hydrogen) atoms. The summed E-state index contributed by atoms with van der Waals surface area (Å²) in [5, 5.41) is 3.79. The summed E-state index contributed by atoms with van der Waals surface area (Å²) in [6.07, 6.45) is 4.62. The Kier molecular flexibility index (Phi) is 6.42. The van der Waals surface area contributed by atoms with Crippen molar-refractivity contribution < 1.29 is 17.9 Å². The minimum atomic E-state index is -3.89. The molecule has 0 radical (unpaired) electrons. The first-order chi connectivity index (χ1) is 12.3. The number of amides is 1. The lowest BCUT2D eigenvalue weighted by molar-refractivity contribution is -0.121. The van der Waals surface area contributed by atoms with Crippen LogP contribution in [-0.4, -0.2) is 50.5 Å². The number of hydrazone groups is 1. The molecule has 1 amide bonds. The molecule has 0 saturated heterocycles. The summed E-state index contributed by atoms with van der Waals surface area (Å²) in [4.78, 5) is 15.9. The third-order valence-corrected chi connectivity index (χ3v) is 5.29. The van der Waals surface area contributed by atoms with E-state index in [9.17, 15) is 13.2 Å². The fraction of sp³-hybridized carbons (Fsp3) is 0.235. The van der Waals surface area contributed by atoms with Crippen LogP contribution in [0.25, 0.3) is 0 Å². The average molecular weight is 376 g/mol. The van der Waals surface area contributed by atoms with Crippen LogP contribution < -0.4 is 10.2 Å². The Hall–Kier alpha value is -2.78. The number of sulfonamides is 1. The second kappa shape index (κ2) is 8.54. The number of aromatic nitrogens is 1. The minimum Gasteiger partial charge on any atom is -0.495 e. The number of hydrogen-bond acceptors (Lipinski definition) is 6. The van der Waals surface area contributed by atoms with Gasteiger partial charge in [-0.15, -0.1) is 0 Å². The first-order valence-electron chi connectivity index (χ1n) is 7.67. The predicted octanol–water partition coefficient (Wildman–Crippen LogP) is 1.17. The van der Waals surface area contributed by atoms with E-state index in [0.29, 0.717) is 5.56 Å². The second-order valence-electron chi connectivity index (χ2n) is 5.49. The fourth-order valence-electron chi connectivity index (χ4n) is 2.11. The fourth-order valence-corrected chi connectivity index (χ4v) is 3.47. The molecular formula is C17H20N4O4S. The van der Waals surface area contributed by atoms with Crippen molar-refractivity contribution in [3.05, 3.63) is 53.9 Å². The highest BCUT2D eigenvalue weighted by atomic mass is 32.2. The average Bonchev–Trinajstić information content (AvgIpc) is 2.62. The van der Waals surface area contributed by atoms with Crippen LogP contribution in [0.2, 0.25) is 0 Å². The minimum absolute atomic E-state index is 0.00848. The third-order valence-electron chi connectivity index (χ3n) is 3.46. The van der Waals surface area contributed by atoms with Crippen molar-refractivity contribution in [1.82, 2.24) is 14.7 Å². The standard InChI is InChI=1S/C17H20N4O4S/c1-13-6-7-15(25-3)16(9-13)26(23,24)21(2)12-17(22)20-19-11-14-5-4-8-18-10-14/h4-11H,12H2,1-3H3,(H,20,22)/b19-11-. The number of nitrogens with one attached hydrogen (secondary N) is 1. The van der Waals surface area contributed by atoms with Gasteiger partial charge < -0.3 is 4.74 Å². The van der Waals surface area contributed by atoms with Crippen LogP contribution in [0.4, 0.5) is 0 Å². The van der Waals surface area contributed by atoms with Crippen LogP contribution in [0, 0.1) is 6.92 Å². The molecule has 1 aromatic heterocycles. The summed E-state index contributed by atoms with van der Waals surface area (Å²) in [5.74, 6) is -0.347. The molecule has 0 atom stereocenters. The maximum atomic E-state index is 12.7. The van der Waals surface area contributed by atoms with E-state index in [1.54, 1.807) is 43.6 Å². The molecule has 2 aromatic rings. The van der Waals surface area contributed by atoms with E-state index in [2.05, 4.69) is 15.5 Å². The highest BCUT2D eigenvalue weighted by Crippen LogP contribution is 2.26. The van der Waals surface area contributed by atoms with Crippen molar-refractivity contribution >= 4 is 22.1 Å². The molecular weight excluding hydrogens is 356 g/mol. The molecule has 0 saturated carbocycles. The molecule has 9 heteroatoms. The highest BCUT2D eigenvalue weighted by Gasteiger charge is 2.26. The number of nitrogens with zero attached hydrogens (tertiary/aromatic N) is 3. The maximum Gasteiger partial charge on any atom is 0.255 e. The van der Waals surface area contributed by atoms with Gasteiger partial charge in [-0.1, -0.05) is 12.1 Å². The van der Waals surface area contributed by atoms with Gasteiger partial charge in [0.15, 0.2) is 0 Å². The SMILES string of the molecule is COc1ccc(C)cc1S(=O)(=O)N(C)CC(=O)N/N=C\c1cccnc1. The number of hydrogen-bond donors (Lipinski definition) is 1. The van der Waals surface area contributed by atoms with Crippen molar-refractivity contribution in [3.63, 3.8) is 0 Å². The van der Waals surface area contributed by atoms with Gasteiger partial charge >= 0.3 is 0 Å². The summed E-state index contributed by atoms with van der Waals surface area (Å²) in [6.45, 7) is 1.39. The van der Waals surface area contributed by atoms with Crippen LogP contribution >= 0.6 is 0 Å². The van der Waals surface area contributed by atoms with Gasteiger partial charge in [0, 0.05) is 25.0 Å². The summed E-state index contributed by atoms with van der Waals surface area (Å²) in [6, 6.07) is 8.33.